The van der Waals surface area contributed by atoms with Crippen LogP contribution in [0.5, 0.6) is 0 Å². The number of rotatable bonds is 18. The van der Waals surface area contributed by atoms with Crippen LogP contribution in [0.25, 0.3) is 0 Å². The molecule has 5 unspecified atom stereocenters. The minimum Gasteiger partial charge on any atom is -0.463 e. The maximum Gasteiger partial charge on any atom is 0.511 e. The summed E-state index contributed by atoms with van der Waals surface area (Å²) in [4.78, 5) is 40.8. The molecule has 5 atom stereocenters. The molecule has 0 aliphatic rings. The molecule has 17 heteroatoms. The number of aliphatic hydroxyl groups is 1. The number of nitrogens with one attached hydrogen (secondary N) is 1. The molecule has 0 aliphatic carbocycles. The van der Waals surface area contributed by atoms with E-state index in [2.05, 4.69) is 0 Å². The van der Waals surface area contributed by atoms with Gasteiger partial charge >= 0.3 is 39.6 Å². The Morgan fingerprint density at radius 2 is 1.30 bits per heavy atom. The van der Waals surface area contributed by atoms with Gasteiger partial charge in [0.1, 0.15) is 18.3 Å². The van der Waals surface area contributed by atoms with Crippen LogP contribution in [-0.2, 0) is 38.6 Å². The molecule has 2 N–H and O–H groups in total. The van der Waals surface area contributed by atoms with Gasteiger partial charge in [0.25, 0.3) is 0 Å². The quantitative estimate of drug-likeness (QED) is 0.0832. The molecule has 0 saturated heterocycles. The predicted octanol–water partition coefficient (Wildman–Crippen LogP) is 7.37. The average molecular weight is 758 g/mol. The van der Waals surface area contributed by atoms with E-state index >= 15 is 0 Å². The molecule has 0 saturated carbocycles. The zero-order valence-corrected chi connectivity index (χ0v) is 32.3. The highest BCUT2D eigenvalue weighted by Gasteiger charge is 2.53. The highest BCUT2D eigenvalue weighted by molar-refractivity contribution is 7.90. The Kier molecular flexibility index (Phi) is 15.6. The number of hydrogen-bond acceptors (Lipinski definition) is 9. The van der Waals surface area contributed by atoms with Gasteiger partial charge in [0.05, 0.1) is 22.3 Å². The third-order valence-electron chi connectivity index (χ3n) is 9.27. The zero-order valence-electron chi connectivity index (χ0n) is 31.5. The minimum atomic E-state index is -5.83. The van der Waals surface area contributed by atoms with Crippen LogP contribution in [-0.4, -0.2) is 72.6 Å². The van der Waals surface area contributed by atoms with Crippen molar-refractivity contribution in [1.29, 1.82) is 0 Å². The van der Waals surface area contributed by atoms with E-state index in [9.17, 15) is 54.3 Å². The van der Waals surface area contributed by atoms with Crippen molar-refractivity contribution in [2.24, 2.45) is 22.2 Å². The fourth-order valence-electron chi connectivity index (χ4n) is 4.94. The number of sulfonamides is 1. The van der Waals surface area contributed by atoms with Gasteiger partial charge in [-0.25, -0.2) is 8.42 Å². The van der Waals surface area contributed by atoms with Gasteiger partial charge in [-0.15, -0.1) is 0 Å². The third-order valence-corrected chi connectivity index (χ3v) is 10.7. The van der Waals surface area contributed by atoms with Gasteiger partial charge in [-0.1, -0.05) is 48.0 Å². The summed E-state index contributed by atoms with van der Waals surface area (Å²) in [6.07, 6.45) is -7.79. The average Bonchev–Trinajstić information content (AvgIpc) is 2.88. The van der Waals surface area contributed by atoms with Crippen LogP contribution in [0.15, 0.2) is 0 Å². The second-order valence-electron chi connectivity index (χ2n) is 16.2. The van der Waals surface area contributed by atoms with Crippen molar-refractivity contribution in [3.05, 3.63) is 0 Å². The van der Waals surface area contributed by atoms with E-state index < -0.39 is 104 Å². The first kappa shape index (κ1) is 47.9. The lowest BCUT2D eigenvalue weighted by Gasteiger charge is -2.41. The number of halogens is 6. The lowest BCUT2D eigenvalue weighted by molar-refractivity contribution is -0.262. The predicted molar refractivity (Wildman–Crippen MR) is 174 cm³/mol. The zero-order chi connectivity index (χ0) is 40.2. The molecule has 0 heterocycles. The first-order valence-electron chi connectivity index (χ1n) is 16.4. The number of ether oxygens (including phenoxy) is 3. The van der Waals surface area contributed by atoms with Gasteiger partial charge in [-0.2, -0.15) is 31.1 Å². The fraction of sp³-hybridized carbons (Fsp3) is 0.909. The minimum absolute atomic E-state index is 0.0179. The summed E-state index contributed by atoms with van der Waals surface area (Å²) in [6.45, 7) is 18.1. The normalized spacial score (nSPS) is 18.6. The third kappa shape index (κ3) is 13.1. The number of hydrogen-bond donors (Lipinski definition) is 2. The molecular weight excluding hydrogens is 700 g/mol. The summed E-state index contributed by atoms with van der Waals surface area (Å²) in [5.74, 6) is -3.81. The van der Waals surface area contributed by atoms with Crippen LogP contribution in [0, 0.1) is 22.2 Å². The molecule has 50 heavy (non-hydrogen) atoms. The van der Waals surface area contributed by atoms with E-state index in [-0.39, 0.29) is 19.3 Å². The molecule has 10 nitrogen and oxygen atoms in total. The van der Waals surface area contributed by atoms with Crippen molar-refractivity contribution in [2.75, 3.05) is 6.61 Å². The largest absolute Gasteiger partial charge is 0.511 e. The van der Waals surface area contributed by atoms with Crippen LogP contribution < -0.4 is 4.72 Å². The van der Waals surface area contributed by atoms with Crippen molar-refractivity contribution in [1.82, 2.24) is 4.72 Å². The highest BCUT2D eigenvalue weighted by Crippen LogP contribution is 2.44. The SMILES string of the molecule is CCCC(CC(C)(O)C(F)(F)F)OC(=O)C(C)(CC)CC(C)(CC(C)C(=O)OC(C)(C)C(C)(C)C)C(=O)OCC(C)(C)NS(=O)(=O)C(F)(F)F. The summed E-state index contributed by atoms with van der Waals surface area (Å²) >= 11 is 0. The maximum atomic E-state index is 13.8. The smallest absolute Gasteiger partial charge is 0.463 e. The van der Waals surface area contributed by atoms with Gasteiger partial charge in [-0.3, -0.25) is 14.4 Å². The summed E-state index contributed by atoms with van der Waals surface area (Å²) in [5.41, 5.74) is -15.6. The molecule has 0 radical (unpaired) electrons. The van der Waals surface area contributed by atoms with E-state index in [0.717, 1.165) is 13.8 Å². The summed E-state index contributed by atoms with van der Waals surface area (Å²) in [7, 11) is -5.83. The first-order valence-corrected chi connectivity index (χ1v) is 17.9. The van der Waals surface area contributed by atoms with Crippen LogP contribution in [0.1, 0.15) is 129 Å². The van der Waals surface area contributed by atoms with Crippen molar-refractivity contribution in [3.63, 3.8) is 0 Å². The van der Waals surface area contributed by atoms with E-state index in [0.29, 0.717) is 13.3 Å². The van der Waals surface area contributed by atoms with Crippen molar-refractivity contribution in [3.8, 4) is 0 Å². The van der Waals surface area contributed by atoms with E-state index in [1.54, 1.807) is 27.7 Å². The molecule has 0 amide bonds. The van der Waals surface area contributed by atoms with Gasteiger partial charge in [0.2, 0.25) is 0 Å². The summed E-state index contributed by atoms with van der Waals surface area (Å²) < 4.78 is 121. The standard InChI is InChI=1S/C33H57F6NO9S/c1-14-16-22(18-31(13,44)32(34,35)36)48-25(43)29(11,15-2)19-30(12,17-21(3)23(41)49-28(9,10)26(4,5)6)24(42)47-20-27(7,8)40-50(45,46)33(37,38)39/h21-22,40,44H,14-20H2,1-13H3. The van der Waals surface area contributed by atoms with Crippen LogP contribution in [0.4, 0.5) is 26.3 Å². The number of alkyl halides is 6. The summed E-state index contributed by atoms with van der Waals surface area (Å²) in [6, 6.07) is 0. The fourth-order valence-corrected chi connectivity index (χ4v) is 5.85. The summed E-state index contributed by atoms with van der Waals surface area (Å²) in [5, 5.41) is 10.1. The molecule has 0 aromatic carbocycles. The van der Waals surface area contributed by atoms with E-state index in [1.165, 1.54) is 25.5 Å². The lowest BCUT2D eigenvalue weighted by Crippen LogP contribution is -2.52. The molecule has 0 bridgehead atoms. The lowest BCUT2D eigenvalue weighted by atomic mass is 9.68. The molecule has 0 rings (SSSR count). The Morgan fingerprint density at radius 1 is 0.800 bits per heavy atom. The Bertz CT molecular complexity index is 1290. The van der Waals surface area contributed by atoms with Crippen molar-refractivity contribution >= 4 is 27.9 Å². The van der Waals surface area contributed by atoms with Crippen LogP contribution in [0.2, 0.25) is 0 Å². The number of esters is 3. The highest BCUT2D eigenvalue weighted by atomic mass is 32.2. The molecule has 0 aromatic rings. The van der Waals surface area contributed by atoms with E-state index in [1.807, 2.05) is 20.8 Å². The van der Waals surface area contributed by atoms with Gasteiger partial charge in [0, 0.05) is 11.8 Å². The maximum absolute atomic E-state index is 13.8. The Balaban J connectivity index is 6.67. The first-order chi connectivity index (χ1) is 21.9. The van der Waals surface area contributed by atoms with Gasteiger partial charge in [-0.05, 0) is 74.1 Å². The van der Waals surface area contributed by atoms with E-state index in [4.69, 9.17) is 14.2 Å². The second-order valence-corrected chi connectivity index (χ2v) is 17.9. The Hall–Kier alpha value is -2.14. The van der Waals surface area contributed by atoms with Gasteiger partial charge < -0.3 is 19.3 Å². The molecular formula is C33H57F6NO9S. The van der Waals surface area contributed by atoms with Crippen LogP contribution >= 0.6 is 0 Å². The second kappa shape index (κ2) is 16.3. The van der Waals surface area contributed by atoms with Crippen LogP contribution in [0.3, 0.4) is 0 Å². The number of carbonyl (C=O) groups is 3. The van der Waals surface area contributed by atoms with Gasteiger partial charge in [0.15, 0.2) is 5.60 Å². The Morgan fingerprint density at radius 3 is 1.70 bits per heavy atom. The molecule has 0 aromatic heterocycles. The van der Waals surface area contributed by atoms with Crippen molar-refractivity contribution < 1.29 is 68.5 Å². The molecule has 296 valence electrons. The Labute approximate surface area is 292 Å². The van der Waals surface area contributed by atoms with Crippen molar-refractivity contribution in [2.45, 2.75) is 163 Å². The number of carbonyl (C=O) groups excluding carboxylic acids is 3. The monoisotopic (exact) mass is 757 g/mol. The molecule has 0 spiro atoms. The molecule has 0 aliphatic heterocycles. The topological polar surface area (TPSA) is 145 Å². The molecule has 0 fully saturated rings.